The molecular formula is C16H16ClN5. The van der Waals surface area contributed by atoms with Crippen LogP contribution in [-0.4, -0.2) is 19.7 Å². The molecule has 1 aliphatic heterocycles. The minimum absolute atomic E-state index is 0.675. The van der Waals surface area contributed by atoms with Gasteiger partial charge in [0, 0.05) is 29.4 Å². The van der Waals surface area contributed by atoms with E-state index in [1.807, 2.05) is 24.4 Å². The predicted octanol–water partition coefficient (Wildman–Crippen LogP) is 3.43. The van der Waals surface area contributed by atoms with Gasteiger partial charge < -0.3 is 5.32 Å². The molecule has 1 aromatic carbocycles. The van der Waals surface area contributed by atoms with Crippen molar-refractivity contribution in [2.45, 2.75) is 32.4 Å². The molecule has 1 N–H and O–H groups in total. The Bertz CT molecular complexity index is 827. The smallest absolute Gasteiger partial charge is 0.145 e. The van der Waals surface area contributed by atoms with E-state index in [1.165, 1.54) is 24.1 Å². The first-order valence-electron chi connectivity index (χ1n) is 7.49. The number of aryl methyl sites for hydroxylation is 1. The summed E-state index contributed by atoms with van der Waals surface area (Å²) < 4.78 is 2.12. The molecule has 0 amide bonds. The standard InChI is InChI=1S/C16H16ClN5/c17-12-4-5-13-14(7-12)18-10-16(21-13)19-8-11-9-20-22-6-2-1-3-15(11)22/h4-5,7,9-10H,1-3,6,8H2,(H,19,21). The van der Waals surface area contributed by atoms with Gasteiger partial charge in [0.15, 0.2) is 0 Å². The Hall–Kier alpha value is -2.14. The van der Waals surface area contributed by atoms with Crippen LogP contribution in [0.1, 0.15) is 24.1 Å². The van der Waals surface area contributed by atoms with Crippen molar-refractivity contribution in [3.63, 3.8) is 0 Å². The van der Waals surface area contributed by atoms with Crippen LogP contribution >= 0.6 is 11.6 Å². The number of benzene rings is 1. The van der Waals surface area contributed by atoms with Gasteiger partial charge in [-0.2, -0.15) is 5.10 Å². The molecule has 22 heavy (non-hydrogen) atoms. The lowest BCUT2D eigenvalue weighted by atomic mass is 10.1. The molecule has 0 spiro atoms. The number of anilines is 1. The normalized spacial score (nSPS) is 14.0. The van der Waals surface area contributed by atoms with Gasteiger partial charge in [0.1, 0.15) is 5.82 Å². The molecule has 6 heteroatoms. The van der Waals surface area contributed by atoms with Crippen LogP contribution in [0.5, 0.6) is 0 Å². The van der Waals surface area contributed by atoms with Crippen LogP contribution in [-0.2, 0) is 19.5 Å². The van der Waals surface area contributed by atoms with Crippen LogP contribution in [0.3, 0.4) is 0 Å². The molecule has 0 saturated heterocycles. The van der Waals surface area contributed by atoms with Crippen molar-refractivity contribution >= 4 is 28.5 Å². The molecule has 0 fully saturated rings. The molecular weight excluding hydrogens is 298 g/mol. The first-order valence-corrected chi connectivity index (χ1v) is 7.87. The summed E-state index contributed by atoms with van der Waals surface area (Å²) in [7, 11) is 0. The molecule has 112 valence electrons. The van der Waals surface area contributed by atoms with E-state index in [1.54, 1.807) is 6.20 Å². The van der Waals surface area contributed by atoms with Gasteiger partial charge in [-0.25, -0.2) is 4.98 Å². The summed E-state index contributed by atoms with van der Waals surface area (Å²) in [5.41, 5.74) is 4.24. The number of fused-ring (bicyclic) bond motifs is 2. The van der Waals surface area contributed by atoms with Crippen LogP contribution in [0.25, 0.3) is 11.0 Å². The molecule has 5 nitrogen and oxygen atoms in total. The summed E-state index contributed by atoms with van der Waals surface area (Å²) >= 11 is 5.96. The van der Waals surface area contributed by atoms with Gasteiger partial charge in [-0.3, -0.25) is 9.67 Å². The monoisotopic (exact) mass is 313 g/mol. The van der Waals surface area contributed by atoms with E-state index in [-0.39, 0.29) is 0 Å². The Balaban J connectivity index is 1.54. The second-order valence-corrected chi connectivity index (χ2v) is 5.98. The number of hydrogen-bond acceptors (Lipinski definition) is 4. The van der Waals surface area contributed by atoms with Crippen molar-refractivity contribution in [3.8, 4) is 0 Å². The third kappa shape index (κ3) is 2.52. The van der Waals surface area contributed by atoms with E-state index in [9.17, 15) is 0 Å². The molecule has 2 aromatic heterocycles. The number of hydrogen-bond donors (Lipinski definition) is 1. The number of rotatable bonds is 3. The van der Waals surface area contributed by atoms with Crippen molar-refractivity contribution < 1.29 is 0 Å². The zero-order chi connectivity index (χ0) is 14.9. The molecule has 1 aliphatic rings. The quantitative estimate of drug-likeness (QED) is 0.805. The molecule has 0 unspecified atom stereocenters. The van der Waals surface area contributed by atoms with Crippen LogP contribution in [0, 0.1) is 0 Å². The third-order valence-electron chi connectivity index (χ3n) is 4.03. The van der Waals surface area contributed by atoms with Crippen LogP contribution in [0.4, 0.5) is 5.82 Å². The predicted molar refractivity (Wildman–Crippen MR) is 87.0 cm³/mol. The average molecular weight is 314 g/mol. The highest BCUT2D eigenvalue weighted by atomic mass is 35.5. The summed E-state index contributed by atoms with van der Waals surface area (Å²) in [6.45, 7) is 1.76. The van der Waals surface area contributed by atoms with Crippen molar-refractivity contribution in [1.82, 2.24) is 19.7 Å². The number of halogens is 1. The van der Waals surface area contributed by atoms with Gasteiger partial charge >= 0.3 is 0 Å². The highest BCUT2D eigenvalue weighted by Gasteiger charge is 2.14. The first-order chi connectivity index (χ1) is 10.8. The highest BCUT2D eigenvalue weighted by molar-refractivity contribution is 6.31. The molecule has 0 radical (unpaired) electrons. The van der Waals surface area contributed by atoms with Crippen molar-refractivity contribution in [1.29, 1.82) is 0 Å². The maximum atomic E-state index is 5.96. The zero-order valence-electron chi connectivity index (χ0n) is 12.1. The molecule has 0 atom stereocenters. The van der Waals surface area contributed by atoms with Crippen molar-refractivity contribution in [2.24, 2.45) is 0 Å². The van der Waals surface area contributed by atoms with Crippen molar-refractivity contribution in [3.05, 3.63) is 46.9 Å². The van der Waals surface area contributed by atoms with E-state index in [2.05, 4.69) is 25.1 Å². The summed E-state index contributed by atoms with van der Waals surface area (Å²) in [5.74, 6) is 0.769. The van der Waals surface area contributed by atoms with Crippen LogP contribution < -0.4 is 5.32 Å². The Morgan fingerprint density at radius 3 is 3.09 bits per heavy atom. The highest BCUT2D eigenvalue weighted by Crippen LogP contribution is 2.20. The second-order valence-electron chi connectivity index (χ2n) is 5.54. The average Bonchev–Trinajstić information content (AvgIpc) is 2.96. The Morgan fingerprint density at radius 2 is 2.14 bits per heavy atom. The van der Waals surface area contributed by atoms with E-state index in [0.29, 0.717) is 5.02 Å². The zero-order valence-corrected chi connectivity index (χ0v) is 12.8. The Kier molecular flexibility index (Phi) is 3.42. The van der Waals surface area contributed by atoms with Gasteiger partial charge in [0.05, 0.1) is 23.4 Å². The van der Waals surface area contributed by atoms with Crippen LogP contribution in [0.15, 0.2) is 30.6 Å². The number of nitrogens with one attached hydrogen (secondary N) is 1. The number of aromatic nitrogens is 4. The van der Waals surface area contributed by atoms with Gasteiger partial charge in [-0.1, -0.05) is 11.6 Å². The first kappa shape index (κ1) is 13.5. The van der Waals surface area contributed by atoms with Gasteiger partial charge in [0.25, 0.3) is 0 Å². The minimum atomic E-state index is 0.675. The fourth-order valence-corrected chi connectivity index (χ4v) is 3.05. The van der Waals surface area contributed by atoms with E-state index < -0.39 is 0 Å². The molecule has 4 rings (SSSR count). The van der Waals surface area contributed by atoms with E-state index in [4.69, 9.17) is 11.6 Å². The summed E-state index contributed by atoms with van der Waals surface area (Å²) in [4.78, 5) is 8.97. The molecule has 0 aliphatic carbocycles. The maximum absolute atomic E-state index is 5.96. The fourth-order valence-electron chi connectivity index (χ4n) is 2.89. The van der Waals surface area contributed by atoms with Crippen molar-refractivity contribution in [2.75, 3.05) is 5.32 Å². The molecule has 3 aromatic rings. The SMILES string of the molecule is Clc1ccc2nc(NCc3cnn4c3CCCC4)cnc2c1. The molecule has 0 saturated carbocycles. The summed E-state index contributed by atoms with van der Waals surface area (Å²) in [6.07, 6.45) is 7.28. The fraction of sp³-hybridized carbons (Fsp3) is 0.312. The van der Waals surface area contributed by atoms with Gasteiger partial charge in [0.2, 0.25) is 0 Å². The maximum Gasteiger partial charge on any atom is 0.145 e. The third-order valence-corrected chi connectivity index (χ3v) is 4.27. The van der Waals surface area contributed by atoms with E-state index in [0.717, 1.165) is 36.4 Å². The molecule has 3 heterocycles. The largest absolute Gasteiger partial charge is 0.365 e. The topological polar surface area (TPSA) is 55.6 Å². The lowest BCUT2D eigenvalue weighted by molar-refractivity contribution is 0.484. The summed E-state index contributed by atoms with van der Waals surface area (Å²) in [6, 6.07) is 5.54. The second kappa shape index (κ2) is 5.57. The lowest BCUT2D eigenvalue weighted by Gasteiger charge is -2.15. The Labute approximate surface area is 133 Å². The lowest BCUT2D eigenvalue weighted by Crippen LogP contribution is -2.13. The summed E-state index contributed by atoms with van der Waals surface area (Å²) in [5, 5.41) is 8.47. The van der Waals surface area contributed by atoms with Crippen LogP contribution in [0.2, 0.25) is 5.02 Å². The molecule has 0 bridgehead atoms. The van der Waals surface area contributed by atoms with Gasteiger partial charge in [-0.15, -0.1) is 0 Å². The Morgan fingerprint density at radius 1 is 1.18 bits per heavy atom. The van der Waals surface area contributed by atoms with Gasteiger partial charge in [-0.05, 0) is 37.5 Å². The van der Waals surface area contributed by atoms with E-state index >= 15 is 0 Å². The number of nitrogens with zero attached hydrogens (tertiary/aromatic N) is 4. The minimum Gasteiger partial charge on any atom is -0.365 e.